The summed E-state index contributed by atoms with van der Waals surface area (Å²) in [6.45, 7) is 2.79. The topological polar surface area (TPSA) is 45.5 Å². The number of furan rings is 1. The molecule has 1 aromatic rings. The van der Waals surface area contributed by atoms with Crippen molar-refractivity contribution in [3.05, 3.63) is 22.6 Å². The summed E-state index contributed by atoms with van der Waals surface area (Å²) in [6, 6.07) is 2.11. The number of nitrogens with one attached hydrogen (secondary N) is 1. The quantitative estimate of drug-likeness (QED) is 0.861. The van der Waals surface area contributed by atoms with Crippen LogP contribution < -0.4 is 5.32 Å². The predicted octanol–water partition coefficient (Wildman–Crippen LogP) is 1.87. The van der Waals surface area contributed by atoms with Gasteiger partial charge in [0.05, 0.1) is 10.7 Å². The number of amides is 1. The van der Waals surface area contributed by atoms with Crippen LogP contribution in [0.3, 0.4) is 0 Å². The minimum absolute atomic E-state index is 0.0141. The van der Waals surface area contributed by atoms with Crippen molar-refractivity contribution in [1.82, 2.24) is 10.2 Å². The molecule has 3 rings (SSSR count). The van der Waals surface area contributed by atoms with Crippen LogP contribution in [0.25, 0.3) is 0 Å². The fourth-order valence-electron chi connectivity index (χ4n) is 2.90. The van der Waals surface area contributed by atoms with Crippen LogP contribution in [0.2, 0.25) is 0 Å². The summed E-state index contributed by atoms with van der Waals surface area (Å²) in [7, 11) is 0. The molecule has 1 N–H and O–H groups in total. The van der Waals surface area contributed by atoms with Gasteiger partial charge in [0.1, 0.15) is 0 Å². The van der Waals surface area contributed by atoms with Gasteiger partial charge in [-0.1, -0.05) is 0 Å². The highest BCUT2D eigenvalue weighted by atomic mass is 79.9. The number of carbonyl (C=O) groups is 1. The Labute approximate surface area is 108 Å². The molecule has 3 heterocycles. The number of fused-ring (bicyclic) bond motifs is 1. The van der Waals surface area contributed by atoms with Crippen molar-refractivity contribution in [1.29, 1.82) is 0 Å². The van der Waals surface area contributed by atoms with Crippen molar-refractivity contribution in [2.24, 2.45) is 5.92 Å². The van der Waals surface area contributed by atoms with Gasteiger partial charge >= 0.3 is 0 Å². The van der Waals surface area contributed by atoms with Gasteiger partial charge in [-0.15, -0.1) is 0 Å². The summed E-state index contributed by atoms with van der Waals surface area (Å²) in [5.41, 5.74) is 0. The van der Waals surface area contributed by atoms with Crippen LogP contribution >= 0.6 is 15.9 Å². The molecule has 0 spiro atoms. The average Bonchev–Trinajstić information content (AvgIpc) is 2.95. The molecule has 2 aliphatic rings. The summed E-state index contributed by atoms with van der Waals surface area (Å²) >= 11 is 3.35. The number of hydrogen-bond donors (Lipinski definition) is 1. The number of likely N-dealkylation sites (tertiary alicyclic amines) is 1. The lowest BCUT2D eigenvalue weighted by Crippen LogP contribution is -2.48. The van der Waals surface area contributed by atoms with Gasteiger partial charge in [-0.05, 0) is 40.8 Å². The lowest BCUT2D eigenvalue weighted by atomic mass is 9.92. The van der Waals surface area contributed by atoms with Gasteiger partial charge in [0.2, 0.25) is 5.76 Å². The molecule has 5 heteroatoms. The minimum Gasteiger partial charge on any atom is -0.458 e. The highest BCUT2D eigenvalue weighted by Gasteiger charge is 2.38. The maximum Gasteiger partial charge on any atom is 0.291 e. The second-order valence-electron chi connectivity index (χ2n) is 4.72. The van der Waals surface area contributed by atoms with Crippen LogP contribution in [-0.4, -0.2) is 36.5 Å². The fourth-order valence-corrected chi connectivity index (χ4v) is 3.27. The standard InChI is InChI=1S/C12H15BrN2O2/c13-9-3-5-17-11(9)12(16)15-4-1-2-8-6-14-7-10(8)15/h3,5,8,10,14H,1-2,4,6-7H2. The van der Waals surface area contributed by atoms with Crippen molar-refractivity contribution >= 4 is 21.8 Å². The summed E-state index contributed by atoms with van der Waals surface area (Å²) in [4.78, 5) is 14.4. The zero-order valence-electron chi connectivity index (χ0n) is 9.49. The lowest BCUT2D eigenvalue weighted by Gasteiger charge is -2.36. The molecular weight excluding hydrogens is 284 g/mol. The molecule has 2 saturated heterocycles. The molecule has 0 saturated carbocycles. The Hall–Kier alpha value is -0.810. The fraction of sp³-hybridized carbons (Fsp3) is 0.583. The molecule has 2 aliphatic heterocycles. The Morgan fingerprint density at radius 3 is 3.18 bits per heavy atom. The van der Waals surface area contributed by atoms with Crippen LogP contribution in [0.1, 0.15) is 23.4 Å². The first kappa shape index (κ1) is 11.3. The van der Waals surface area contributed by atoms with Crippen LogP contribution in [-0.2, 0) is 0 Å². The Bertz CT molecular complexity index is 432. The lowest BCUT2D eigenvalue weighted by molar-refractivity contribution is 0.0541. The van der Waals surface area contributed by atoms with E-state index < -0.39 is 0 Å². The molecule has 0 bridgehead atoms. The van der Waals surface area contributed by atoms with Crippen LogP contribution in [0.4, 0.5) is 0 Å². The number of carbonyl (C=O) groups excluding carboxylic acids is 1. The first-order chi connectivity index (χ1) is 8.27. The minimum atomic E-state index is 0.0141. The van der Waals surface area contributed by atoms with Gasteiger partial charge in [-0.3, -0.25) is 4.79 Å². The predicted molar refractivity (Wildman–Crippen MR) is 66.8 cm³/mol. The molecule has 0 aliphatic carbocycles. The maximum atomic E-state index is 12.4. The Balaban J connectivity index is 1.83. The van der Waals surface area contributed by atoms with Gasteiger partial charge in [-0.25, -0.2) is 0 Å². The SMILES string of the molecule is O=C(c1occc1Br)N1CCCC2CNCC21. The zero-order chi connectivity index (χ0) is 11.8. The van der Waals surface area contributed by atoms with Crippen molar-refractivity contribution < 1.29 is 9.21 Å². The number of rotatable bonds is 1. The van der Waals surface area contributed by atoms with Crippen LogP contribution in [0.15, 0.2) is 21.2 Å². The molecule has 1 aromatic heterocycles. The van der Waals surface area contributed by atoms with Crippen molar-refractivity contribution in [2.45, 2.75) is 18.9 Å². The molecule has 2 fully saturated rings. The molecule has 0 aromatic carbocycles. The first-order valence-corrected chi connectivity index (χ1v) is 6.81. The third-order valence-corrected chi connectivity index (χ3v) is 4.38. The summed E-state index contributed by atoms with van der Waals surface area (Å²) in [5.74, 6) is 1.05. The van der Waals surface area contributed by atoms with Crippen molar-refractivity contribution in [2.75, 3.05) is 19.6 Å². The Morgan fingerprint density at radius 1 is 1.53 bits per heavy atom. The molecule has 1 amide bonds. The molecule has 17 heavy (non-hydrogen) atoms. The van der Waals surface area contributed by atoms with Gasteiger partial charge in [0.15, 0.2) is 0 Å². The average molecular weight is 299 g/mol. The third-order valence-electron chi connectivity index (χ3n) is 3.75. The zero-order valence-corrected chi connectivity index (χ0v) is 11.1. The van der Waals surface area contributed by atoms with Gasteiger partial charge < -0.3 is 14.6 Å². The number of nitrogens with zero attached hydrogens (tertiary/aromatic N) is 1. The Morgan fingerprint density at radius 2 is 2.41 bits per heavy atom. The van der Waals surface area contributed by atoms with Gasteiger partial charge in [0.25, 0.3) is 5.91 Å². The van der Waals surface area contributed by atoms with Crippen molar-refractivity contribution in [3.63, 3.8) is 0 Å². The highest BCUT2D eigenvalue weighted by molar-refractivity contribution is 9.10. The first-order valence-electron chi connectivity index (χ1n) is 6.02. The maximum absolute atomic E-state index is 12.4. The number of halogens is 1. The van der Waals surface area contributed by atoms with Gasteiger partial charge in [0, 0.05) is 25.7 Å². The summed E-state index contributed by atoms with van der Waals surface area (Å²) < 4.78 is 6.02. The second kappa shape index (κ2) is 4.46. The van der Waals surface area contributed by atoms with E-state index in [0.29, 0.717) is 17.7 Å². The third kappa shape index (κ3) is 1.91. The number of piperidine rings is 1. The summed E-state index contributed by atoms with van der Waals surface area (Å²) in [5, 5.41) is 3.37. The molecule has 4 nitrogen and oxygen atoms in total. The molecular formula is C12H15BrN2O2. The van der Waals surface area contributed by atoms with E-state index in [1.54, 1.807) is 12.3 Å². The second-order valence-corrected chi connectivity index (χ2v) is 5.58. The van der Waals surface area contributed by atoms with E-state index >= 15 is 0 Å². The molecule has 2 unspecified atom stereocenters. The van der Waals surface area contributed by atoms with Crippen LogP contribution in [0, 0.1) is 5.92 Å². The summed E-state index contributed by atoms with van der Waals surface area (Å²) in [6.07, 6.45) is 3.86. The molecule has 92 valence electrons. The monoisotopic (exact) mass is 298 g/mol. The largest absolute Gasteiger partial charge is 0.458 e. The van der Waals surface area contributed by atoms with Gasteiger partial charge in [-0.2, -0.15) is 0 Å². The molecule has 0 radical (unpaired) electrons. The van der Waals surface area contributed by atoms with E-state index in [1.807, 2.05) is 4.90 Å². The normalized spacial score (nSPS) is 28.2. The van der Waals surface area contributed by atoms with Crippen LogP contribution in [0.5, 0.6) is 0 Å². The highest BCUT2D eigenvalue weighted by Crippen LogP contribution is 2.29. The van der Waals surface area contributed by atoms with E-state index in [1.165, 1.54) is 6.42 Å². The van der Waals surface area contributed by atoms with E-state index in [2.05, 4.69) is 21.2 Å². The molecule has 2 atom stereocenters. The smallest absolute Gasteiger partial charge is 0.291 e. The van der Waals surface area contributed by atoms with E-state index in [9.17, 15) is 4.79 Å². The van der Waals surface area contributed by atoms with Crippen molar-refractivity contribution in [3.8, 4) is 0 Å². The van der Waals surface area contributed by atoms with E-state index in [0.717, 1.165) is 30.5 Å². The number of hydrogen-bond acceptors (Lipinski definition) is 3. The van der Waals surface area contributed by atoms with E-state index in [-0.39, 0.29) is 5.91 Å². The van der Waals surface area contributed by atoms with E-state index in [4.69, 9.17) is 4.42 Å². The Kier molecular flexibility index (Phi) is 2.96.